The number of alkyl halides is 1. The molecule has 0 N–H and O–H groups in total. The lowest BCUT2D eigenvalue weighted by Gasteiger charge is -2.39. The molecule has 1 fully saturated rings. The van der Waals surface area contributed by atoms with E-state index in [1.54, 1.807) is 0 Å². The molecule has 0 radical (unpaired) electrons. The van der Waals surface area contributed by atoms with E-state index in [0.29, 0.717) is 11.3 Å². The van der Waals surface area contributed by atoms with E-state index in [4.69, 9.17) is 16.6 Å². The summed E-state index contributed by atoms with van der Waals surface area (Å²) in [6, 6.07) is 6.34. The van der Waals surface area contributed by atoms with E-state index in [0.717, 1.165) is 28.8 Å². The van der Waals surface area contributed by atoms with Crippen LogP contribution < -0.4 is 0 Å². The summed E-state index contributed by atoms with van der Waals surface area (Å²) in [5, 5.41) is 0. The zero-order chi connectivity index (χ0) is 13.5. The van der Waals surface area contributed by atoms with Crippen molar-refractivity contribution < 1.29 is 0 Å². The average molecular weight is 342 g/mol. The van der Waals surface area contributed by atoms with E-state index in [-0.39, 0.29) is 0 Å². The molecule has 0 unspecified atom stereocenters. The van der Waals surface area contributed by atoms with E-state index < -0.39 is 0 Å². The van der Waals surface area contributed by atoms with E-state index in [9.17, 15) is 0 Å². The van der Waals surface area contributed by atoms with Crippen LogP contribution >= 0.6 is 27.5 Å². The van der Waals surface area contributed by atoms with Gasteiger partial charge in [0.15, 0.2) is 0 Å². The normalized spacial score (nSPS) is 17.6. The molecule has 0 aliphatic heterocycles. The van der Waals surface area contributed by atoms with Crippen LogP contribution in [0.4, 0.5) is 0 Å². The molecule has 2 nitrogen and oxygen atoms in total. The molecule has 4 heteroatoms. The minimum Gasteiger partial charge on any atom is -0.327 e. The first kappa shape index (κ1) is 13.4. The number of nitrogens with zero attached hydrogens (tertiary/aromatic N) is 2. The van der Waals surface area contributed by atoms with Crippen molar-refractivity contribution in [2.45, 2.75) is 39.2 Å². The molecule has 0 amide bonds. The van der Waals surface area contributed by atoms with Gasteiger partial charge in [0.2, 0.25) is 0 Å². The summed E-state index contributed by atoms with van der Waals surface area (Å²) in [6.45, 7) is 3.45. The Morgan fingerprint density at radius 2 is 2.21 bits per heavy atom. The van der Waals surface area contributed by atoms with E-state index in [1.807, 2.05) is 0 Å². The zero-order valence-corrected chi connectivity index (χ0v) is 13.5. The molecule has 2 aromatic rings. The van der Waals surface area contributed by atoms with Gasteiger partial charge in [-0.3, -0.25) is 0 Å². The Bertz CT molecular complexity index is 601. The molecule has 0 bridgehead atoms. The highest BCUT2D eigenvalue weighted by Gasteiger charge is 2.33. The summed E-state index contributed by atoms with van der Waals surface area (Å²) < 4.78 is 3.46. The molecule has 1 aliphatic carbocycles. The maximum Gasteiger partial charge on any atom is 0.111 e. The molecule has 1 aliphatic rings. The maximum absolute atomic E-state index is 5.92. The molecule has 0 spiro atoms. The monoisotopic (exact) mass is 340 g/mol. The Labute approximate surface area is 127 Å². The molecule has 102 valence electrons. The second-order valence-corrected chi connectivity index (χ2v) is 7.14. The summed E-state index contributed by atoms with van der Waals surface area (Å²) in [5.41, 5.74) is 2.75. The molecule has 0 atom stereocenters. The fourth-order valence-electron chi connectivity index (χ4n) is 2.92. The number of fused-ring (bicyclic) bond motifs is 1. The lowest BCUT2D eigenvalue weighted by Crippen LogP contribution is -2.31. The first-order valence-electron chi connectivity index (χ1n) is 6.82. The lowest BCUT2D eigenvalue weighted by atomic mass is 9.70. The fourth-order valence-corrected chi connectivity index (χ4v) is 3.44. The zero-order valence-electron chi connectivity index (χ0n) is 11.1. The van der Waals surface area contributed by atoms with Gasteiger partial charge in [-0.05, 0) is 36.5 Å². The highest BCUT2D eigenvalue weighted by Crippen LogP contribution is 2.42. The summed E-state index contributed by atoms with van der Waals surface area (Å²) in [7, 11) is 0. The van der Waals surface area contributed by atoms with Crippen molar-refractivity contribution in [1.29, 1.82) is 0 Å². The van der Waals surface area contributed by atoms with Crippen LogP contribution in [0.25, 0.3) is 11.0 Å². The summed E-state index contributed by atoms with van der Waals surface area (Å²) in [6.07, 6.45) is 4.84. The Balaban J connectivity index is 2.05. The highest BCUT2D eigenvalue weighted by atomic mass is 79.9. The van der Waals surface area contributed by atoms with Gasteiger partial charge in [0.1, 0.15) is 5.82 Å². The Hall–Kier alpha value is -0.540. The largest absolute Gasteiger partial charge is 0.327 e. The van der Waals surface area contributed by atoms with Crippen LogP contribution in [0.2, 0.25) is 0 Å². The predicted octanol–water partition coefficient (Wildman–Crippen LogP) is 4.77. The van der Waals surface area contributed by atoms with Crippen molar-refractivity contribution in [2.75, 3.05) is 5.88 Å². The predicted molar refractivity (Wildman–Crippen MR) is 83.8 cm³/mol. The van der Waals surface area contributed by atoms with Gasteiger partial charge in [0.05, 0.1) is 11.0 Å². The standard InChI is InChI=1S/C15H18BrClN2/c1-15(6-2-7-15)10-19-13-4-3-11(16)9-12(13)18-14(19)5-8-17/h3-4,9H,2,5-8,10H2,1H3. The quantitative estimate of drug-likeness (QED) is 0.732. The maximum atomic E-state index is 5.92. The number of aryl methyl sites for hydroxylation is 1. The Morgan fingerprint density at radius 1 is 1.42 bits per heavy atom. The molecular formula is C15H18BrClN2. The molecule has 3 rings (SSSR count). The number of benzene rings is 1. The molecule has 19 heavy (non-hydrogen) atoms. The van der Waals surface area contributed by atoms with E-state index in [2.05, 4.69) is 45.6 Å². The molecule has 1 heterocycles. The smallest absolute Gasteiger partial charge is 0.111 e. The SMILES string of the molecule is CC1(Cn2c(CCCl)nc3cc(Br)ccc32)CCC1. The second kappa shape index (κ2) is 5.10. The third-order valence-electron chi connectivity index (χ3n) is 4.21. The van der Waals surface area contributed by atoms with Crippen molar-refractivity contribution in [3.05, 3.63) is 28.5 Å². The van der Waals surface area contributed by atoms with Crippen molar-refractivity contribution in [1.82, 2.24) is 9.55 Å². The fraction of sp³-hybridized carbons (Fsp3) is 0.533. The van der Waals surface area contributed by atoms with Gasteiger partial charge in [0.25, 0.3) is 0 Å². The van der Waals surface area contributed by atoms with Gasteiger partial charge >= 0.3 is 0 Å². The van der Waals surface area contributed by atoms with Crippen LogP contribution in [-0.2, 0) is 13.0 Å². The van der Waals surface area contributed by atoms with Gasteiger partial charge in [-0.2, -0.15) is 0 Å². The third-order valence-corrected chi connectivity index (χ3v) is 4.89. The van der Waals surface area contributed by atoms with Gasteiger partial charge < -0.3 is 4.57 Å². The number of aromatic nitrogens is 2. The Kier molecular flexibility index (Phi) is 3.61. The van der Waals surface area contributed by atoms with Gasteiger partial charge in [0, 0.05) is 23.3 Å². The van der Waals surface area contributed by atoms with Crippen LogP contribution in [0.3, 0.4) is 0 Å². The number of hydrogen-bond donors (Lipinski definition) is 0. The summed E-state index contributed by atoms with van der Waals surface area (Å²) >= 11 is 9.44. The minimum absolute atomic E-state index is 0.446. The average Bonchev–Trinajstić information content (AvgIpc) is 2.65. The van der Waals surface area contributed by atoms with Crippen LogP contribution in [0.5, 0.6) is 0 Å². The molecular weight excluding hydrogens is 324 g/mol. The Morgan fingerprint density at radius 3 is 2.84 bits per heavy atom. The first-order chi connectivity index (χ1) is 9.11. The molecule has 0 saturated heterocycles. The number of rotatable bonds is 4. The van der Waals surface area contributed by atoms with E-state index >= 15 is 0 Å². The van der Waals surface area contributed by atoms with Crippen molar-refractivity contribution in [3.8, 4) is 0 Å². The summed E-state index contributed by atoms with van der Waals surface area (Å²) in [4.78, 5) is 4.75. The highest BCUT2D eigenvalue weighted by molar-refractivity contribution is 9.10. The lowest BCUT2D eigenvalue weighted by molar-refractivity contribution is 0.132. The number of hydrogen-bond acceptors (Lipinski definition) is 1. The van der Waals surface area contributed by atoms with Crippen molar-refractivity contribution >= 4 is 38.6 Å². The molecule has 1 aromatic carbocycles. The van der Waals surface area contributed by atoms with Crippen molar-refractivity contribution in [3.63, 3.8) is 0 Å². The van der Waals surface area contributed by atoms with Crippen LogP contribution in [0.1, 0.15) is 32.0 Å². The molecule has 1 aromatic heterocycles. The third kappa shape index (κ3) is 2.55. The number of imidazole rings is 1. The summed E-state index contributed by atoms with van der Waals surface area (Å²) in [5.74, 6) is 1.75. The first-order valence-corrected chi connectivity index (χ1v) is 8.15. The van der Waals surface area contributed by atoms with Crippen LogP contribution in [-0.4, -0.2) is 15.4 Å². The second-order valence-electron chi connectivity index (χ2n) is 5.85. The van der Waals surface area contributed by atoms with E-state index in [1.165, 1.54) is 24.8 Å². The van der Waals surface area contributed by atoms with Gasteiger partial charge in [-0.1, -0.05) is 29.3 Å². The van der Waals surface area contributed by atoms with Gasteiger partial charge in [-0.15, -0.1) is 11.6 Å². The van der Waals surface area contributed by atoms with Crippen LogP contribution in [0, 0.1) is 5.41 Å². The van der Waals surface area contributed by atoms with Crippen LogP contribution in [0.15, 0.2) is 22.7 Å². The van der Waals surface area contributed by atoms with Crippen molar-refractivity contribution in [2.24, 2.45) is 5.41 Å². The topological polar surface area (TPSA) is 17.8 Å². The molecule has 1 saturated carbocycles. The van der Waals surface area contributed by atoms with Gasteiger partial charge in [-0.25, -0.2) is 4.98 Å². The number of halogens is 2. The minimum atomic E-state index is 0.446.